The van der Waals surface area contributed by atoms with Crippen LogP contribution in [-0.4, -0.2) is 116 Å². The molecule has 0 aliphatic carbocycles. The number of methoxy groups -OCH3 is 1. The average Bonchev–Trinajstić information content (AvgIpc) is 4.18. The zero-order valence-electron chi connectivity index (χ0n) is 41.8. The Hall–Kier alpha value is -6.39. The standard InChI is InChI=1S/C53H69FN10O6/c1-30(2)45(59-51(67)70-8)49(65)62-23-9-11-43(62)47-55-36-16-13-32(27-38(36)57-47)40-19-20-41(64(40)34-15-18-42(35(54)29-34)61-25-21-53(5,6)22-26-61)33-14-17-37-39(28-33)58-48(56-37)44-12-10-24-63(44)50(66)46(31(3)4)60(7)52(68)69/h13-18,27-31,40-41,43-46H,9-12,19-26H2,1-8H3,(H,55,57)(H,56,58)(H,59,67)(H,68,69)/t40-,41-,43+,44+,45+,46+/m1/s1. The number of carbonyl (C=O) groups excluding carboxylic acids is 3. The van der Waals surface area contributed by atoms with Gasteiger partial charge in [0.25, 0.3) is 0 Å². The average molecular weight is 961 g/mol. The molecule has 0 saturated carbocycles. The summed E-state index contributed by atoms with van der Waals surface area (Å²) in [6.45, 7) is 14.8. The molecule has 4 aliphatic heterocycles. The molecule has 6 atom stereocenters. The number of likely N-dealkylation sites (N-methyl/N-ethyl adjacent to an activating group) is 1. The van der Waals surface area contributed by atoms with Crippen LogP contribution in [0.4, 0.5) is 25.4 Å². The maximum atomic E-state index is 16.6. The van der Waals surface area contributed by atoms with Gasteiger partial charge in [-0.05, 0) is 122 Å². The Bertz CT molecular complexity index is 2760. The molecule has 3 aromatic carbocycles. The number of halogens is 1. The zero-order chi connectivity index (χ0) is 49.8. The predicted molar refractivity (Wildman–Crippen MR) is 267 cm³/mol. The second-order valence-electron chi connectivity index (χ2n) is 21.4. The predicted octanol–water partition coefficient (Wildman–Crippen LogP) is 9.63. The Morgan fingerprint density at radius 3 is 1.79 bits per heavy atom. The van der Waals surface area contributed by atoms with Gasteiger partial charge in [0.1, 0.15) is 29.5 Å². The maximum Gasteiger partial charge on any atom is 0.407 e. The van der Waals surface area contributed by atoms with Gasteiger partial charge in [-0.15, -0.1) is 0 Å². The fourth-order valence-electron chi connectivity index (χ4n) is 11.6. The van der Waals surface area contributed by atoms with Crippen LogP contribution < -0.4 is 15.1 Å². The third kappa shape index (κ3) is 9.35. The number of amides is 4. The van der Waals surface area contributed by atoms with Gasteiger partial charge in [0.2, 0.25) is 11.8 Å². The largest absolute Gasteiger partial charge is 0.465 e. The van der Waals surface area contributed by atoms with Crippen molar-refractivity contribution < 1.29 is 33.4 Å². The number of nitrogens with one attached hydrogen (secondary N) is 3. The van der Waals surface area contributed by atoms with Crippen LogP contribution in [0.5, 0.6) is 0 Å². The molecular weight excluding hydrogens is 892 g/mol. The van der Waals surface area contributed by atoms with Gasteiger partial charge >= 0.3 is 12.2 Å². The minimum absolute atomic E-state index is 0.119. The van der Waals surface area contributed by atoms with E-state index >= 15 is 4.39 Å². The molecule has 0 radical (unpaired) electrons. The van der Waals surface area contributed by atoms with E-state index < -0.39 is 24.3 Å². The summed E-state index contributed by atoms with van der Waals surface area (Å²) in [5.74, 6) is 0.378. The number of piperidine rings is 1. The summed E-state index contributed by atoms with van der Waals surface area (Å²) in [5.41, 5.74) is 6.97. The normalized spacial score (nSPS) is 22.4. The number of nitrogens with zero attached hydrogens (tertiary/aromatic N) is 7. The number of hydrogen-bond donors (Lipinski definition) is 4. The molecule has 4 saturated heterocycles. The molecule has 0 unspecified atom stereocenters. The minimum atomic E-state index is -1.14. The molecule has 70 heavy (non-hydrogen) atoms. The minimum Gasteiger partial charge on any atom is -0.465 e. The van der Waals surface area contributed by atoms with E-state index in [-0.39, 0.29) is 59.0 Å². The summed E-state index contributed by atoms with van der Waals surface area (Å²) < 4.78 is 21.4. The first-order chi connectivity index (χ1) is 33.4. The fraction of sp³-hybridized carbons (Fsp3) is 0.547. The van der Waals surface area contributed by atoms with Gasteiger partial charge in [-0.2, -0.15) is 0 Å². The van der Waals surface area contributed by atoms with Gasteiger partial charge in [-0.3, -0.25) is 14.5 Å². The van der Waals surface area contributed by atoms with Crippen LogP contribution in [0.25, 0.3) is 22.1 Å². The summed E-state index contributed by atoms with van der Waals surface area (Å²) in [6, 6.07) is 15.8. The van der Waals surface area contributed by atoms with Crippen molar-refractivity contribution in [2.75, 3.05) is 50.1 Å². The smallest absolute Gasteiger partial charge is 0.407 e. The summed E-state index contributed by atoms with van der Waals surface area (Å²) in [5, 5.41) is 12.5. The van der Waals surface area contributed by atoms with E-state index in [2.05, 4.69) is 69.3 Å². The molecule has 17 heteroatoms. The van der Waals surface area contributed by atoms with E-state index in [0.717, 1.165) is 102 Å². The second kappa shape index (κ2) is 19.4. The Morgan fingerprint density at radius 2 is 1.30 bits per heavy atom. The highest BCUT2D eigenvalue weighted by atomic mass is 19.1. The van der Waals surface area contributed by atoms with Crippen LogP contribution in [0.1, 0.15) is 140 Å². The van der Waals surface area contributed by atoms with Crippen molar-refractivity contribution in [3.63, 3.8) is 0 Å². The Balaban J connectivity index is 1.03. The van der Waals surface area contributed by atoms with Crippen LogP contribution in [0, 0.1) is 23.1 Å². The molecule has 0 spiro atoms. The number of carbonyl (C=O) groups is 4. The van der Waals surface area contributed by atoms with Crippen LogP contribution in [0.3, 0.4) is 0 Å². The number of imidazole rings is 2. The van der Waals surface area contributed by atoms with Crippen LogP contribution in [-0.2, 0) is 14.3 Å². The van der Waals surface area contributed by atoms with Gasteiger partial charge < -0.3 is 44.7 Å². The molecule has 4 aliphatic rings. The highest BCUT2D eigenvalue weighted by molar-refractivity contribution is 5.87. The van der Waals surface area contributed by atoms with Crippen molar-refractivity contribution in [3.8, 4) is 0 Å². The molecule has 374 valence electrons. The number of H-pyrrole nitrogens is 2. The van der Waals surface area contributed by atoms with Crippen molar-refractivity contribution in [1.82, 2.24) is 40.0 Å². The molecule has 2 aromatic heterocycles. The number of aromatic nitrogens is 4. The highest BCUT2D eigenvalue weighted by Gasteiger charge is 2.42. The summed E-state index contributed by atoms with van der Waals surface area (Å²) in [7, 11) is 2.74. The monoisotopic (exact) mass is 961 g/mol. The van der Waals surface area contributed by atoms with Crippen LogP contribution in [0.15, 0.2) is 54.6 Å². The van der Waals surface area contributed by atoms with E-state index in [4.69, 9.17) is 14.7 Å². The van der Waals surface area contributed by atoms with Crippen LogP contribution >= 0.6 is 0 Å². The lowest BCUT2D eigenvalue weighted by Crippen LogP contribution is -2.51. The maximum absolute atomic E-state index is 16.6. The first-order valence-corrected chi connectivity index (χ1v) is 25.2. The van der Waals surface area contributed by atoms with Gasteiger partial charge in [-0.1, -0.05) is 53.7 Å². The lowest BCUT2D eigenvalue weighted by molar-refractivity contribution is -0.138. The Kier molecular flexibility index (Phi) is 13.5. The third-order valence-corrected chi connectivity index (χ3v) is 15.6. The zero-order valence-corrected chi connectivity index (χ0v) is 41.8. The molecule has 6 heterocycles. The lowest BCUT2D eigenvalue weighted by atomic mass is 9.82. The Labute approximate surface area is 409 Å². The molecule has 9 rings (SSSR count). The van der Waals surface area contributed by atoms with Gasteiger partial charge in [0.15, 0.2) is 0 Å². The number of hydrogen-bond acceptors (Lipinski definition) is 9. The number of alkyl carbamates (subject to hydrolysis) is 1. The number of rotatable bonds is 12. The van der Waals surface area contributed by atoms with Crippen molar-refractivity contribution in [1.29, 1.82) is 0 Å². The number of benzene rings is 3. The van der Waals surface area contributed by atoms with Crippen molar-refractivity contribution >= 4 is 57.4 Å². The first-order valence-electron chi connectivity index (χ1n) is 25.2. The molecule has 16 nitrogen and oxygen atoms in total. The van der Waals surface area contributed by atoms with E-state index in [1.165, 1.54) is 14.2 Å². The van der Waals surface area contributed by atoms with Crippen molar-refractivity contribution in [3.05, 3.63) is 83.2 Å². The number of carboxylic acid groups (broad SMARTS) is 1. The topological polar surface area (TPSA) is 183 Å². The number of fused-ring (bicyclic) bond motifs is 2. The van der Waals surface area contributed by atoms with E-state index in [9.17, 15) is 24.3 Å². The summed E-state index contributed by atoms with van der Waals surface area (Å²) in [4.78, 5) is 78.5. The van der Waals surface area contributed by atoms with Crippen molar-refractivity contribution in [2.24, 2.45) is 17.3 Å². The fourth-order valence-corrected chi connectivity index (χ4v) is 11.6. The van der Waals surface area contributed by atoms with Gasteiger partial charge in [-0.25, -0.2) is 23.9 Å². The highest BCUT2D eigenvalue weighted by Crippen LogP contribution is 2.49. The Morgan fingerprint density at radius 1 is 0.757 bits per heavy atom. The number of ether oxygens (including phenoxy) is 1. The second-order valence-corrected chi connectivity index (χ2v) is 21.4. The summed E-state index contributed by atoms with van der Waals surface area (Å²) in [6.07, 6.45) is 4.83. The molecule has 4 fully saturated rings. The summed E-state index contributed by atoms with van der Waals surface area (Å²) >= 11 is 0. The SMILES string of the molecule is COC(=O)N[C@H](C(=O)N1CCC[C@H]1c1nc2ccc([C@H]3CC[C@H](c4ccc5nc([C@@H]6CCCN6C(=O)[C@H](C(C)C)N(C)C(=O)O)[nH]c5c4)N3c3ccc(N4CCC(C)(C)CC4)c(F)c3)cc2[nH]1)C(C)C. The number of aromatic amines is 2. The molecule has 0 bridgehead atoms. The van der Waals surface area contributed by atoms with Gasteiger partial charge in [0, 0.05) is 38.9 Å². The first kappa shape index (κ1) is 48.6. The van der Waals surface area contributed by atoms with Crippen molar-refractivity contribution in [2.45, 2.75) is 129 Å². The quantitative estimate of drug-likeness (QED) is 0.0940. The van der Waals surface area contributed by atoms with E-state index in [1.54, 1.807) is 11.0 Å². The third-order valence-electron chi connectivity index (χ3n) is 15.6. The number of likely N-dealkylation sites (tertiary alicyclic amines) is 2. The molecular formula is C53H69FN10O6. The van der Waals surface area contributed by atoms with Gasteiger partial charge in [0.05, 0.1) is 59.0 Å². The molecule has 4 N–H and O–H groups in total. The van der Waals surface area contributed by atoms with E-state index in [1.807, 2.05) is 50.8 Å². The molecule has 5 aromatic rings. The molecule has 4 amide bonds. The van der Waals surface area contributed by atoms with E-state index in [0.29, 0.717) is 36.8 Å². The van der Waals surface area contributed by atoms with Crippen LogP contribution in [0.2, 0.25) is 0 Å². The number of anilines is 2. The lowest BCUT2D eigenvalue weighted by Gasteiger charge is -2.39.